The van der Waals surface area contributed by atoms with Crippen LogP contribution in [-0.2, 0) is 10.3 Å². The molecule has 2 saturated carbocycles. The molecule has 0 radical (unpaired) electrons. The van der Waals surface area contributed by atoms with Gasteiger partial charge in [0.05, 0.1) is 34.9 Å². The second-order valence-corrected chi connectivity index (χ2v) is 10.0. The van der Waals surface area contributed by atoms with Crippen LogP contribution in [0.2, 0.25) is 0 Å². The van der Waals surface area contributed by atoms with Crippen molar-refractivity contribution in [1.82, 2.24) is 19.6 Å². The highest BCUT2D eigenvalue weighted by atomic mass is 19.3. The first kappa shape index (κ1) is 21.5. The summed E-state index contributed by atoms with van der Waals surface area (Å²) in [6, 6.07) is 4.91. The molecule has 4 heterocycles. The molecule has 0 atom stereocenters. The van der Waals surface area contributed by atoms with E-state index in [1.54, 1.807) is 6.07 Å². The topological polar surface area (TPSA) is 83.2 Å². The molecule has 0 spiro atoms. The second kappa shape index (κ2) is 7.76. The number of carbonyl (C=O) groups excluding carboxylic acids is 1. The lowest BCUT2D eigenvalue weighted by atomic mass is 9.72. The number of hydrogen-bond donors (Lipinski definition) is 1. The van der Waals surface area contributed by atoms with Crippen molar-refractivity contribution in [3.8, 4) is 5.75 Å². The molecule has 10 heteroatoms. The molecule has 1 aromatic carbocycles. The van der Waals surface area contributed by atoms with E-state index in [0.717, 1.165) is 62.0 Å². The first-order valence-corrected chi connectivity index (χ1v) is 11.8. The van der Waals surface area contributed by atoms with Gasteiger partial charge in [-0.3, -0.25) is 9.48 Å². The number of alkyl halides is 2. The molecular weight excluding hydrogens is 444 g/mol. The van der Waals surface area contributed by atoms with Crippen molar-refractivity contribution in [2.24, 2.45) is 0 Å². The summed E-state index contributed by atoms with van der Waals surface area (Å²) in [5.74, 6) is 0.0390. The summed E-state index contributed by atoms with van der Waals surface area (Å²) in [7, 11) is 0. The summed E-state index contributed by atoms with van der Waals surface area (Å²) in [6.45, 7) is 0.0315. The van der Waals surface area contributed by atoms with E-state index in [0.29, 0.717) is 22.6 Å². The smallest absolute Gasteiger partial charge is 0.333 e. The monoisotopic (exact) mass is 471 g/mol. The van der Waals surface area contributed by atoms with Crippen molar-refractivity contribution in [1.29, 1.82) is 0 Å². The van der Waals surface area contributed by atoms with Crippen LogP contribution < -0.4 is 10.1 Å². The van der Waals surface area contributed by atoms with Gasteiger partial charge in [-0.2, -0.15) is 19.0 Å². The Hall–Kier alpha value is -3.01. The molecule has 2 aliphatic carbocycles. The molecule has 2 saturated heterocycles. The number of benzene rings is 1. The summed E-state index contributed by atoms with van der Waals surface area (Å²) in [5, 5.41) is 12.0. The third-order valence-electron chi connectivity index (χ3n) is 7.66. The highest BCUT2D eigenvalue weighted by molar-refractivity contribution is 6.08. The summed E-state index contributed by atoms with van der Waals surface area (Å²) in [5.41, 5.74) is 0.886. The molecule has 180 valence electrons. The van der Waals surface area contributed by atoms with Crippen molar-refractivity contribution in [3.05, 3.63) is 36.2 Å². The van der Waals surface area contributed by atoms with Crippen LogP contribution in [0.5, 0.6) is 5.75 Å². The number of anilines is 1. The predicted octanol–water partition coefficient (Wildman–Crippen LogP) is 4.87. The average molecular weight is 472 g/mol. The zero-order valence-electron chi connectivity index (χ0n) is 19.0. The molecule has 1 amide bonds. The minimum absolute atomic E-state index is 0.0271. The van der Waals surface area contributed by atoms with Crippen LogP contribution in [0.1, 0.15) is 68.8 Å². The van der Waals surface area contributed by atoms with E-state index in [-0.39, 0.29) is 23.1 Å². The molecule has 4 aliphatic rings. The van der Waals surface area contributed by atoms with Crippen molar-refractivity contribution in [3.63, 3.8) is 0 Å². The molecule has 3 aromatic rings. The molecule has 2 aliphatic heterocycles. The van der Waals surface area contributed by atoms with Crippen LogP contribution in [0.3, 0.4) is 0 Å². The fraction of sp³-hybridized carbons (Fsp3) is 0.542. The molecular formula is C24H27F2N5O3. The lowest BCUT2D eigenvalue weighted by Gasteiger charge is -2.51. The van der Waals surface area contributed by atoms with Crippen molar-refractivity contribution >= 4 is 22.6 Å². The number of halogens is 2. The van der Waals surface area contributed by atoms with Crippen molar-refractivity contribution in [2.45, 2.75) is 75.7 Å². The second-order valence-electron chi connectivity index (χ2n) is 10.0. The first-order chi connectivity index (χ1) is 16.3. The summed E-state index contributed by atoms with van der Waals surface area (Å²) < 4.78 is 40.5. The maximum atomic E-state index is 13.1. The van der Waals surface area contributed by atoms with E-state index >= 15 is 0 Å². The van der Waals surface area contributed by atoms with Crippen LogP contribution in [0.15, 0.2) is 30.6 Å². The molecule has 7 rings (SSSR count). The Balaban J connectivity index is 1.34. The van der Waals surface area contributed by atoms with Crippen LogP contribution in [0.4, 0.5) is 14.6 Å². The number of carbonyl (C=O) groups is 1. The zero-order chi connectivity index (χ0) is 23.5. The number of fused-ring (bicyclic) bond motifs is 4. The van der Waals surface area contributed by atoms with Gasteiger partial charge in [-0.1, -0.05) is 0 Å². The summed E-state index contributed by atoms with van der Waals surface area (Å²) in [6.07, 6.45) is 10.1. The Bertz CT molecular complexity index is 1220. The molecule has 2 bridgehead atoms. The molecule has 4 fully saturated rings. The third-order valence-corrected chi connectivity index (χ3v) is 7.66. The summed E-state index contributed by atoms with van der Waals surface area (Å²) >= 11 is 0. The molecule has 8 nitrogen and oxygen atoms in total. The summed E-state index contributed by atoms with van der Waals surface area (Å²) in [4.78, 5) is 13.1. The normalized spacial score (nSPS) is 26.7. The number of hydrogen-bond acceptors (Lipinski definition) is 5. The minimum atomic E-state index is -2.77. The van der Waals surface area contributed by atoms with Crippen LogP contribution in [0.25, 0.3) is 10.9 Å². The van der Waals surface area contributed by atoms with E-state index in [2.05, 4.69) is 17.3 Å². The zero-order valence-corrected chi connectivity index (χ0v) is 19.0. The van der Waals surface area contributed by atoms with Crippen LogP contribution in [0, 0.1) is 0 Å². The average Bonchev–Trinajstić information content (AvgIpc) is 3.43. The van der Waals surface area contributed by atoms with Gasteiger partial charge in [0.25, 0.3) is 5.91 Å². The van der Waals surface area contributed by atoms with Crippen LogP contribution >= 0.6 is 0 Å². The molecule has 2 aromatic heterocycles. The highest BCUT2D eigenvalue weighted by Gasteiger charge is 2.49. The largest absolute Gasteiger partial charge is 0.490 e. The van der Waals surface area contributed by atoms with E-state index in [1.807, 2.05) is 16.9 Å². The van der Waals surface area contributed by atoms with Gasteiger partial charge >= 0.3 is 6.55 Å². The Kier molecular flexibility index (Phi) is 4.91. The number of nitrogens with zero attached hydrogens (tertiary/aromatic N) is 4. The molecule has 34 heavy (non-hydrogen) atoms. The fourth-order valence-corrected chi connectivity index (χ4v) is 5.07. The van der Waals surface area contributed by atoms with Gasteiger partial charge in [-0.15, -0.1) is 0 Å². The highest BCUT2D eigenvalue weighted by Crippen LogP contribution is 2.47. The number of rotatable bonds is 6. The van der Waals surface area contributed by atoms with Gasteiger partial charge in [0.1, 0.15) is 5.75 Å². The Labute approximate surface area is 195 Å². The SMILES string of the molecule is CC12CCC(n3cc4cc(C(=O)Nc5ccn(C(F)F)n5)c(OC5CCC5)cc4n3)(CC1)CO2. The lowest BCUT2D eigenvalue weighted by molar-refractivity contribution is -0.169. The van der Waals surface area contributed by atoms with Gasteiger partial charge in [0.2, 0.25) is 0 Å². The van der Waals surface area contributed by atoms with Gasteiger partial charge in [-0.05, 0) is 57.9 Å². The fourth-order valence-electron chi connectivity index (χ4n) is 5.07. The quantitative estimate of drug-likeness (QED) is 0.555. The Morgan fingerprint density at radius 3 is 2.65 bits per heavy atom. The van der Waals surface area contributed by atoms with Crippen molar-refractivity contribution < 1.29 is 23.0 Å². The van der Waals surface area contributed by atoms with E-state index in [9.17, 15) is 13.6 Å². The maximum absolute atomic E-state index is 13.1. The van der Waals surface area contributed by atoms with Crippen molar-refractivity contribution in [2.75, 3.05) is 11.9 Å². The van der Waals surface area contributed by atoms with E-state index in [4.69, 9.17) is 14.6 Å². The molecule has 1 N–H and O–H groups in total. The number of ether oxygens (including phenoxy) is 2. The number of amides is 1. The standard InChI is InChI=1S/C24H27F2N5O3/c1-23-6-8-24(9-7-23,14-33-23)31-13-15-11-17(19(12-18(15)28-31)34-16-3-2-4-16)21(32)27-20-5-10-30(29-20)22(25)26/h5,10-13,16,22H,2-4,6-9,14H2,1H3,(H,27,29,32). The third kappa shape index (κ3) is 3.64. The van der Waals surface area contributed by atoms with E-state index < -0.39 is 12.5 Å². The first-order valence-electron chi connectivity index (χ1n) is 11.8. The van der Waals surface area contributed by atoms with Gasteiger partial charge in [-0.25, -0.2) is 4.68 Å². The number of aromatic nitrogens is 4. The van der Waals surface area contributed by atoms with E-state index in [1.165, 1.54) is 6.07 Å². The lowest BCUT2D eigenvalue weighted by Crippen LogP contribution is -2.54. The predicted molar refractivity (Wildman–Crippen MR) is 120 cm³/mol. The number of nitrogens with one attached hydrogen (secondary N) is 1. The van der Waals surface area contributed by atoms with Crippen LogP contribution in [-0.4, -0.2) is 43.8 Å². The molecule has 0 unspecified atom stereocenters. The Morgan fingerprint density at radius 1 is 1.24 bits per heavy atom. The Morgan fingerprint density at radius 2 is 2.03 bits per heavy atom. The van der Waals surface area contributed by atoms with Gasteiger partial charge < -0.3 is 14.8 Å². The van der Waals surface area contributed by atoms with Gasteiger partial charge in [0.15, 0.2) is 5.82 Å². The minimum Gasteiger partial charge on any atom is -0.490 e. The maximum Gasteiger partial charge on any atom is 0.333 e. The van der Waals surface area contributed by atoms with Gasteiger partial charge in [0, 0.05) is 29.9 Å².